The Bertz CT molecular complexity index is 1040. The molecular weight excluding hydrogens is 376 g/mol. The fraction of sp³-hybridized carbons (Fsp3) is 0.227. The Morgan fingerprint density at radius 2 is 1.93 bits per heavy atom. The third-order valence-electron chi connectivity index (χ3n) is 4.66. The van der Waals surface area contributed by atoms with Gasteiger partial charge in [-0.1, -0.05) is 49.2 Å². The standard InChI is InChI=1S/C22H21ClN2O3/c1-2-3-4-20-19(21(26)25-13-24-20)11-14-5-7-15(8-6-14)18-12-16(23)9-10-17(18)22(27)28/h5-10,12-13H,2-4,11H2,1H3,(H,27,28)(H,24,25,26). The summed E-state index contributed by atoms with van der Waals surface area (Å²) in [4.78, 5) is 30.8. The second-order valence-electron chi connectivity index (χ2n) is 6.63. The number of carbonyl (C=O) groups is 1. The fourth-order valence-corrected chi connectivity index (χ4v) is 3.33. The number of aromatic amines is 1. The molecule has 0 unspecified atom stereocenters. The van der Waals surface area contributed by atoms with Crippen LogP contribution >= 0.6 is 11.6 Å². The first-order chi connectivity index (χ1) is 13.5. The normalized spacial score (nSPS) is 10.8. The highest BCUT2D eigenvalue weighted by atomic mass is 35.5. The summed E-state index contributed by atoms with van der Waals surface area (Å²) in [6.07, 6.45) is 4.72. The van der Waals surface area contributed by atoms with Crippen LogP contribution in [0, 0.1) is 0 Å². The highest BCUT2D eigenvalue weighted by Crippen LogP contribution is 2.28. The summed E-state index contributed by atoms with van der Waals surface area (Å²) in [7, 11) is 0. The van der Waals surface area contributed by atoms with Crippen molar-refractivity contribution < 1.29 is 9.90 Å². The number of halogens is 1. The number of benzene rings is 2. The Kier molecular flexibility index (Phi) is 6.26. The lowest BCUT2D eigenvalue weighted by atomic mass is 9.96. The number of aromatic nitrogens is 2. The minimum Gasteiger partial charge on any atom is -0.478 e. The molecule has 0 bridgehead atoms. The zero-order valence-electron chi connectivity index (χ0n) is 15.5. The molecular formula is C22H21ClN2O3. The number of hydrogen-bond donors (Lipinski definition) is 2. The second-order valence-corrected chi connectivity index (χ2v) is 7.07. The molecule has 3 rings (SSSR count). The molecule has 5 nitrogen and oxygen atoms in total. The van der Waals surface area contributed by atoms with Crippen molar-refractivity contribution in [3.63, 3.8) is 0 Å². The first kappa shape index (κ1) is 19.8. The summed E-state index contributed by atoms with van der Waals surface area (Å²) >= 11 is 6.05. The maximum atomic E-state index is 12.3. The summed E-state index contributed by atoms with van der Waals surface area (Å²) in [5.41, 5.74) is 3.87. The largest absolute Gasteiger partial charge is 0.478 e. The summed E-state index contributed by atoms with van der Waals surface area (Å²) in [6.45, 7) is 2.10. The maximum Gasteiger partial charge on any atom is 0.336 e. The molecule has 0 fully saturated rings. The third kappa shape index (κ3) is 4.49. The Morgan fingerprint density at radius 3 is 2.61 bits per heavy atom. The lowest BCUT2D eigenvalue weighted by Gasteiger charge is -2.10. The SMILES string of the molecule is CCCCc1nc[nH]c(=O)c1Cc1ccc(-c2cc(Cl)ccc2C(=O)O)cc1. The summed E-state index contributed by atoms with van der Waals surface area (Å²) < 4.78 is 0. The first-order valence-electron chi connectivity index (χ1n) is 9.17. The summed E-state index contributed by atoms with van der Waals surface area (Å²) in [6, 6.07) is 12.2. The van der Waals surface area contributed by atoms with E-state index in [0.717, 1.165) is 36.1 Å². The van der Waals surface area contributed by atoms with E-state index < -0.39 is 5.97 Å². The molecule has 0 amide bonds. The average Bonchev–Trinajstić information content (AvgIpc) is 2.68. The van der Waals surface area contributed by atoms with E-state index in [-0.39, 0.29) is 11.1 Å². The van der Waals surface area contributed by atoms with Gasteiger partial charge in [-0.2, -0.15) is 0 Å². The van der Waals surface area contributed by atoms with E-state index in [0.29, 0.717) is 22.6 Å². The molecule has 1 aromatic heterocycles. The predicted octanol–water partition coefficient (Wildman–Crippen LogP) is 4.72. The van der Waals surface area contributed by atoms with E-state index >= 15 is 0 Å². The van der Waals surface area contributed by atoms with E-state index in [2.05, 4.69) is 16.9 Å². The highest BCUT2D eigenvalue weighted by Gasteiger charge is 2.13. The molecule has 0 spiro atoms. The molecule has 6 heteroatoms. The Hall–Kier alpha value is -2.92. The Labute approximate surface area is 168 Å². The number of nitrogens with one attached hydrogen (secondary N) is 1. The molecule has 1 heterocycles. The van der Waals surface area contributed by atoms with Crippen LogP contribution in [0.3, 0.4) is 0 Å². The van der Waals surface area contributed by atoms with Gasteiger partial charge in [0.25, 0.3) is 5.56 Å². The molecule has 2 N–H and O–H groups in total. The second kappa shape index (κ2) is 8.85. The van der Waals surface area contributed by atoms with Crippen molar-refractivity contribution in [3.05, 3.63) is 86.6 Å². The van der Waals surface area contributed by atoms with Crippen LogP contribution in [0.15, 0.2) is 53.6 Å². The highest BCUT2D eigenvalue weighted by molar-refractivity contribution is 6.31. The van der Waals surface area contributed by atoms with E-state index in [1.54, 1.807) is 12.1 Å². The fourth-order valence-electron chi connectivity index (χ4n) is 3.15. The van der Waals surface area contributed by atoms with Crippen LogP contribution in [0.5, 0.6) is 0 Å². The molecule has 0 aliphatic rings. The molecule has 0 atom stereocenters. The minimum absolute atomic E-state index is 0.117. The number of nitrogens with zero attached hydrogens (tertiary/aromatic N) is 1. The number of rotatable bonds is 7. The lowest BCUT2D eigenvalue weighted by Crippen LogP contribution is -2.17. The van der Waals surface area contributed by atoms with Crippen LogP contribution in [0.2, 0.25) is 5.02 Å². The van der Waals surface area contributed by atoms with Gasteiger partial charge in [0.2, 0.25) is 0 Å². The Balaban J connectivity index is 1.90. The molecule has 0 aliphatic heterocycles. The van der Waals surface area contributed by atoms with Crippen molar-refractivity contribution in [3.8, 4) is 11.1 Å². The van der Waals surface area contributed by atoms with Gasteiger partial charge >= 0.3 is 5.97 Å². The smallest absolute Gasteiger partial charge is 0.336 e. The van der Waals surface area contributed by atoms with Gasteiger partial charge in [-0.25, -0.2) is 9.78 Å². The molecule has 0 radical (unpaired) electrons. The number of hydrogen-bond acceptors (Lipinski definition) is 3. The van der Waals surface area contributed by atoms with Crippen molar-refractivity contribution in [2.45, 2.75) is 32.6 Å². The number of carboxylic acids is 1. The van der Waals surface area contributed by atoms with Gasteiger partial charge in [-0.15, -0.1) is 0 Å². The predicted molar refractivity (Wildman–Crippen MR) is 110 cm³/mol. The monoisotopic (exact) mass is 396 g/mol. The first-order valence-corrected chi connectivity index (χ1v) is 9.55. The van der Waals surface area contributed by atoms with Crippen LogP contribution in [0.1, 0.15) is 46.9 Å². The van der Waals surface area contributed by atoms with Gasteiger partial charge in [0.05, 0.1) is 17.6 Å². The zero-order valence-corrected chi connectivity index (χ0v) is 16.3. The van der Waals surface area contributed by atoms with E-state index in [4.69, 9.17) is 11.6 Å². The van der Waals surface area contributed by atoms with Gasteiger partial charge in [0.15, 0.2) is 0 Å². The van der Waals surface area contributed by atoms with E-state index in [1.165, 1.54) is 12.4 Å². The van der Waals surface area contributed by atoms with E-state index in [1.807, 2.05) is 24.3 Å². The minimum atomic E-state index is -1.00. The van der Waals surface area contributed by atoms with Gasteiger partial charge in [-0.3, -0.25) is 4.79 Å². The van der Waals surface area contributed by atoms with Gasteiger partial charge in [0, 0.05) is 17.0 Å². The molecule has 0 aliphatic carbocycles. The van der Waals surface area contributed by atoms with Crippen molar-refractivity contribution in [1.29, 1.82) is 0 Å². The van der Waals surface area contributed by atoms with E-state index in [9.17, 15) is 14.7 Å². The van der Waals surface area contributed by atoms with Crippen LogP contribution in [0.4, 0.5) is 0 Å². The summed E-state index contributed by atoms with van der Waals surface area (Å²) in [5.74, 6) is -1.00. The van der Waals surface area contributed by atoms with Crippen LogP contribution in [-0.4, -0.2) is 21.0 Å². The number of aromatic carboxylic acids is 1. The zero-order chi connectivity index (χ0) is 20.1. The molecule has 144 valence electrons. The third-order valence-corrected chi connectivity index (χ3v) is 4.90. The average molecular weight is 397 g/mol. The van der Waals surface area contributed by atoms with Crippen LogP contribution in [-0.2, 0) is 12.8 Å². The van der Waals surface area contributed by atoms with Crippen LogP contribution in [0.25, 0.3) is 11.1 Å². The van der Waals surface area contributed by atoms with Crippen molar-refractivity contribution in [2.75, 3.05) is 0 Å². The molecule has 28 heavy (non-hydrogen) atoms. The number of unbranched alkanes of at least 4 members (excludes halogenated alkanes) is 1. The lowest BCUT2D eigenvalue weighted by molar-refractivity contribution is 0.0697. The van der Waals surface area contributed by atoms with Crippen molar-refractivity contribution in [1.82, 2.24) is 9.97 Å². The van der Waals surface area contributed by atoms with Gasteiger partial charge < -0.3 is 10.1 Å². The molecule has 3 aromatic rings. The van der Waals surface area contributed by atoms with Crippen LogP contribution < -0.4 is 5.56 Å². The van der Waals surface area contributed by atoms with Gasteiger partial charge in [0.1, 0.15) is 0 Å². The van der Waals surface area contributed by atoms with Crippen molar-refractivity contribution in [2.24, 2.45) is 0 Å². The molecule has 2 aromatic carbocycles. The topological polar surface area (TPSA) is 83.0 Å². The number of aryl methyl sites for hydroxylation is 1. The number of H-pyrrole nitrogens is 1. The number of carboxylic acid groups (broad SMARTS) is 1. The quantitative estimate of drug-likeness (QED) is 0.605. The van der Waals surface area contributed by atoms with Gasteiger partial charge in [-0.05, 0) is 47.7 Å². The molecule has 0 saturated heterocycles. The molecule has 0 saturated carbocycles. The van der Waals surface area contributed by atoms with Crippen molar-refractivity contribution >= 4 is 17.6 Å². The Morgan fingerprint density at radius 1 is 1.18 bits per heavy atom. The summed E-state index contributed by atoms with van der Waals surface area (Å²) in [5, 5.41) is 9.89. The maximum absolute atomic E-state index is 12.3.